The zero-order valence-corrected chi connectivity index (χ0v) is 13.0. The van der Waals surface area contributed by atoms with Gasteiger partial charge in [-0.1, -0.05) is 46.5 Å². The van der Waals surface area contributed by atoms with Gasteiger partial charge < -0.3 is 10.2 Å². The van der Waals surface area contributed by atoms with E-state index in [0.717, 1.165) is 32.1 Å². The molecule has 2 atom stereocenters. The molecule has 0 heterocycles. The van der Waals surface area contributed by atoms with Crippen LogP contribution in [0.2, 0.25) is 0 Å². The maximum Gasteiger partial charge on any atom is 0.320 e. The van der Waals surface area contributed by atoms with Crippen LogP contribution in [0.3, 0.4) is 0 Å². The summed E-state index contributed by atoms with van der Waals surface area (Å²) < 4.78 is 0. The topological polar surface area (TPSA) is 77.8 Å². The van der Waals surface area contributed by atoms with Crippen molar-refractivity contribution >= 4 is 11.9 Å². The Hall–Kier alpha value is -1.10. The standard InChI is InChI=1S/C15H29NO4/c1-4-6-7-8-10-16(11-12(3)14(17)18)13(9-5-2)15(19)20/h12-13H,4-11H2,1-3H3,(H,17,18)(H,19,20). The van der Waals surface area contributed by atoms with Gasteiger partial charge in [0.15, 0.2) is 0 Å². The van der Waals surface area contributed by atoms with Gasteiger partial charge >= 0.3 is 11.9 Å². The lowest BCUT2D eigenvalue weighted by atomic mass is 10.1. The van der Waals surface area contributed by atoms with Crippen LogP contribution < -0.4 is 0 Å². The van der Waals surface area contributed by atoms with Crippen molar-refractivity contribution in [1.29, 1.82) is 0 Å². The van der Waals surface area contributed by atoms with E-state index in [1.54, 1.807) is 6.92 Å². The first kappa shape index (κ1) is 18.9. The van der Waals surface area contributed by atoms with Gasteiger partial charge in [-0.05, 0) is 19.4 Å². The van der Waals surface area contributed by atoms with Gasteiger partial charge in [-0.3, -0.25) is 14.5 Å². The Kier molecular flexibility index (Phi) is 10.1. The van der Waals surface area contributed by atoms with Crippen LogP contribution in [0.5, 0.6) is 0 Å². The molecule has 0 amide bonds. The van der Waals surface area contributed by atoms with Gasteiger partial charge in [-0.15, -0.1) is 0 Å². The highest BCUT2D eigenvalue weighted by molar-refractivity contribution is 5.74. The number of carbonyl (C=O) groups is 2. The number of rotatable bonds is 12. The Morgan fingerprint density at radius 3 is 2.10 bits per heavy atom. The molecule has 0 aromatic heterocycles. The van der Waals surface area contributed by atoms with Crippen LogP contribution in [-0.4, -0.2) is 46.2 Å². The molecule has 0 radical (unpaired) electrons. The van der Waals surface area contributed by atoms with E-state index in [4.69, 9.17) is 5.11 Å². The van der Waals surface area contributed by atoms with E-state index in [0.29, 0.717) is 19.5 Å². The highest BCUT2D eigenvalue weighted by atomic mass is 16.4. The number of unbranched alkanes of at least 4 members (excludes halogenated alkanes) is 3. The fraction of sp³-hybridized carbons (Fsp3) is 0.867. The lowest BCUT2D eigenvalue weighted by Gasteiger charge is -2.30. The molecule has 0 rings (SSSR count). The van der Waals surface area contributed by atoms with Gasteiger partial charge in [-0.2, -0.15) is 0 Å². The first-order valence-corrected chi connectivity index (χ1v) is 7.63. The lowest BCUT2D eigenvalue weighted by Crippen LogP contribution is -2.45. The van der Waals surface area contributed by atoms with Crippen molar-refractivity contribution in [2.45, 2.75) is 65.3 Å². The Bertz CT molecular complexity index is 294. The van der Waals surface area contributed by atoms with Crippen LogP contribution >= 0.6 is 0 Å². The first-order valence-electron chi connectivity index (χ1n) is 7.63. The molecule has 0 aliphatic heterocycles. The summed E-state index contributed by atoms with van der Waals surface area (Å²) in [5.74, 6) is -2.26. The van der Waals surface area contributed by atoms with Crippen molar-refractivity contribution in [2.24, 2.45) is 5.92 Å². The van der Waals surface area contributed by atoms with Crippen molar-refractivity contribution in [3.63, 3.8) is 0 Å². The fourth-order valence-corrected chi connectivity index (χ4v) is 2.28. The Balaban J connectivity index is 4.64. The third-order valence-electron chi connectivity index (χ3n) is 3.52. The second kappa shape index (κ2) is 10.7. The zero-order chi connectivity index (χ0) is 15.5. The Morgan fingerprint density at radius 2 is 1.65 bits per heavy atom. The molecule has 0 saturated carbocycles. The summed E-state index contributed by atoms with van der Waals surface area (Å²) in [5.41, 5.74) is 0. The van der Waals surface area contributed by atoms with Crippen LogP contribution in [0.1, 0.15) is 59.3 Å². The summed E-state index contributed by atoms with van der Waals surface area (Å²) in [4.78, 5) is 24.2. The van der Waals surface area contributed by atoms with Crippen molar-refractivity contribution in [3.05, 3.63) is 0 Å². The number of nitrogens with zero attached hydrogens (tertiary/aromatic N) is 1. The summed E-state index contributed by atoms with van der Waals surface area (Å²) in [6.45, 7) is 6.67. The summed E-state index contributed by atoms with van der Waals surface area (Å²) in [7, 11) is 0. The van der Waals surface area contributed by atoms with E-state index in [1.807, 2.05) is 11.8 Å². The number of hydrogen-bond acceptors (Lipinski definition) is 3. The average molecular weight is 287 g/mol. The van der Waals surface area contributed by atoms with Gasteiger partial charge in [0.1, 0.15) is 6.04 Å². The maximum absolute atomic E-state index is 11.4. The van der Waals surface area contributed by atoms with Gasteiger partial charge in [-0.25, -0.2) is 0 Å². The average Bonchev–Trinajstić information content (AvgIpc) is 2.39. The number of aliphatic carboxylic acids is 2. The quantitative estimate of drug-likeness (QED) is 0.540. The number of hydrogen-bond donors (Lipinski definition) is 2. The largest absolute Gasteiger partial charge is 0.481 e. The van der Waals surface area contributed by atoms with E-state index in [1.165, 1.54) is 0 Å². The summed E-state index contributed by atoms with van der Waals surface area (Å²) in [6.07, 6.45) is 5.59. The molecule has 118 valence electrons. The molecule has 0 aromatic carbocycles. The highest BCUT2D eigenvalue weighted by Crippen LogP contribution is 2.13. The molecular weight excluding hydrogens is 258 g/mol. The third kappa shape index (κ3) is 7.48. The minimum absolute atomic E-state index is 0.304. The molecule has 0 spiro atoms. The van der Waals surface area contributed by atoms with Crippen LogP contribution in [-0.2, 0) is 9.59 Å². The summed E-state index contributed by atoms with van der Waals surface area (Å²) >= 11 is 0. The lowest BCUT2D eigenvalue weighted by molar-refractivity contribution is -0.147. The van der Waals surface area contributed by atoms with Crippen LogP contribution in [0.15, 0.2) is 0 Å². The number of carboxylic acids is 2. The maximum atomic E-state index is 11.4. The minimum atomic E-state index is -0.871. The molecule has 20 heavy (non-hydrogen) atoms. The molecule has 0 aliphatic rings. The molecular formula is C15H29NO4. The fourth-order valence-electron chi connectivity index (χ4n) is 2.28. The highest BCUT2D eigenvalue weighted by Gasteiger charge is 2.27. The van der Waals surface area contributed by atoms with Gasteiger partial charge in [0.25, 0.3) is 0 Å². The second-order valence-electron chi connectivity index (χ2n) is 5.44. The van der Waals surface area contributed by atoms with Crippen molar-refractivity contribution in [3.8, 4) is 0 Å². The van der Waals surface area contributed by atoms with Crippen molar-refractivity contribution in [1.82, 2.24) is 4.90 Å². The van der Waals surface area contributed by atoms with Crippen LogP contribution in [0.25, 0.3) is 0 Å². The predicted octanol–water partition coefficient (Wildman–Crippen LogP) is 2.84. The van der Waals surface area contributed by atoms with Gasteiger partial charge in [0.05, 0.1) is 5.92 Å². The van der Waals surface area contributed by atoms with E-state index in [9.17, 15) is 14.7 Å². The molecule has 0 aliphatic carbocycles. The molecule has 0 fully saturated rings. The molecule has 5 nitrogen and oxygen atoms in total. The van der Waals surface area contributed by atoms with E-state index in [2.05, 4.69) is 6.92 Å². The molecule has 0 saturated heterocycles. The Labute approximate surface area is 122 Å². The molecule has 2 N–H and O–H groups in total. The van der Waals surface area contributed by atoms with Crippen LogP contribution in [0.4, 0.5) is 0 Å². The molecule has 0 bridgehead atoms. The first-order chi connectivity index (χ1) is 9.43. The Morgan fingerprint density at radius 1 is 1.00 bits per heavy atom. The van der Waals surface area contributed by atoms with Crippen LogP contribution in [0, 0.1) is 5.92 Å². The summed E-state index contributed by atoms with van der Waals surface area (Å²) in [6, 6.07) is -0.566. The van der Waals surface area contributed by atoms with Gasteiger partial charge in [0.2, 0.25) is 0 Å². The van der Waals surface area contributed by atoms with Crippen molar-refractivity contribution in [2.75, 3.05) is 13.1 Å². The normalized spacial score (nSPS) is 14.2. The number of carboxylic acid groups (broad SMARTS) is 2. The van der Waals surface area contributed by atoms with Crippen molar-refractivity contribution < 1.29 is 19.8 Å². The van der Waals surface area contributed by atoms with Gasteiger partial charge in [0, 0.05) is 6.54 Å². The summed E-state index contributed by atoms with van der Waals surface area (Å²) in [5, 5.41) is 18.4. The predicted molar refractivity (Wildman–Crippen MR) is 78.8 cm³/mol. The van der Waals surface area contributed by atoms with E-state index in [-0.39, 0.29) is 0 Å². The molecule has 5 heteroatoms. The smallest absolute Gasteiger partial charge is 0.320 e. The molecule has 0 aromatic rings. The zero-order valence-electron chi connectivity index (χ0n) is 13.0. The molecule has 2 unspecified atom stereocenters. The monoisotopic (exact) mass is 287 g/mol. The SMILES string of the molecule is CCCCCCN(CC(C)C(=O)O)C(CCC)C(=O)O. The van der Waals surface area contributed by atoms with E-state index < -0.39 is 23.9 Å². The third-order valence-corrected chi connectivity index (χ3v) is 3.52. The van der Waals surface area contributed by atoms with E-state index >= 15 is 0 Å². The minimum Gasteiger partial charge on any atom is -0.481 e. The second-order valence-corrected chi connectivity index (χ2v) is 5.44.